The van der Waals surface area contributed by atoms with Gasteiger partial charge in [0.2, 0.25) is 5.91 Å². The molecule has 0 aliphatic rings. The molecule has 32 heavy (non-hydrogen) atoms. The van der Waals surface area contributed by atoms with Crippen LogP contribution in [0.5, 0.6) is 5.75 Å². The van der Waals surface area contributed by atoms with E-state index in [2.05, 4.69) is 5.32 Å². The van der Waals surface area contributed by atoms with Crippen molar-refractivity contribution in [3.05, 3.63) is 81.8 Å². The number of hydrogen-bond donors (Lipinski definition) is 1. The molecule has 0 saturated heterocycles. The molecule has 3 rings (SSSR count). The van der Waals surface area contributed by atoms with Gasteiger partial charge in [0.15, 0.2) is 0 Å². The highest BCUT2D eigenvalue weighted by atomic mass is 35.5. The maximum Gasteiger partial charge on any atom is 0.268 e. The summed E-state index contributed by atoms with van der Waals surface area (Å²) in [6.45, 7) is 3.12. The number of sulfonamides is 1. The predicted octanol–water partition coefficient (Wildman–Crippen LogP) is 5.45. The second-order valence-corrected chi connectivity index (χ2v) is 9.85. The zero-order valence-corrected chi connectivity index (χ0v) is 20.1. The quantitative estimate of drug-likeness (QED) is 0.475. The Kier molecular flexibility index (Phi) is 7.33. The van der Waals surface area contributed by atoms with Crippen LogP contribution in [0.15, 0.2) is 65.6 Å². The Hall–Kier alpha value is -2.74. The zero-order valence-electron chi connectivity index (χ0n) is 17.7. The SMILES string of the molecule is COc1ccc(C)cc1S(=O)(=O)N(CC(=O)Nc1ccc(Cl)cc1C)c1ccc(Cl)cc1. The third kappa shape index (κ3) is 5.35. The Morgan fingerprint density at radius 2 is 1.62 bits per heavy atom. The number of carbonyl (C=O) groups excluding carboxylic acids is 1. The normalized spacial score (nSPS) is 11.2. The van der Waals surface area contributed by atoms with E-state index >= 15 is 0 Å². The molecule has 3 aromatic carbocycles. The number of amides is 1. The lowest BCUT2D eigenvalue weighted by molar-refractivity contribution is -0.114. The molecule has 168 valence electrons. The molecule has 0 aromatic heterocycles. The van der Waals surface area contributed by atoms with E-state index in [0.717, 1.165) is 15.4 Å². The summed E-state index contributed by atoms with van der Waals surface area (Å²) in [7, 11) is -2.76. The van der Waals surface area contributed by atoms with Crippen LogP contribution in [0.1, 0.15) is 11.1 Å². The number of benzene rings is 3. The summed E-state index contributed by atoms with van der Waals surface area (Å²) in [5.41, 5.74) is 2.33. The standard InChI is InChI=1S/C23H22Cl2N2O4S/c1-15-4-11-21(31-3)22(12-15)32(29,30)27(19-8-5-17(24)6-9-19)14-23(28)26-20-10-7-18(25)13-16(20)2/h4-13H,14H2,1-3H3,(H,26,28). The van der Waals surface area contributed by atoms with Gasteiger partial charge in [-0.3, -0.25) is 9.10 Å². The molecule has 0 atom stereocenters. The Labute approximate surface area is 197 Å². The lowest BCUT2D eigenvalue weighted by Crippen LogP contribution is -2.38. The van der Waals surface area contributed by atoms with Crippen molar-refractivity contribution in [1.29, 1.82) is 0 Å². The summed E-state index contributed by atoms with van der Waals surface area (Å²) < 4.78 is 33.6. The highest BCUT2D eigenvalue weighted by Crippen LogP contribution is 2.31. The molecule has 6 nitrogen and oxygen atoms in total. The van der Waals surface area contributed by atoms with E-state index in [0.29, 0.717) is 21.4 Å². The van der Waals surface area contributed by atoms with Crippen molar-refractivity contribution in [1.82, 2.24) is 0 Å². The molecule has 9 heteroatoms. The van der Waals surface area contributed by atoms with E-state index in [-0.39, 0.29) is 10.6 Å². The molecule has 0 aliphatic carbocycles. The summed E-state index contributed by atoms with van der Waals surface area (Å²) in [5, 5.41) is 3.74. The number of nitrogens with zero attached hydrogens (tertiary/aromatic N) is 1. The maximum atomic E-state index is 13.7. The first-order valence-corrected chi connectivity index (χ1v) is 11.8. The Morgan fingerprint density at radius 3 is 2.25 bits per heavy atom. The first-order valence-electron chi connectivity index (χ1n) is 9.61. The molecule has 0 saturated carbocycles. The van der Waals surface area contributed by atoms with Crippen LogP contribution in [-0.2, 0) is 14.8 Å². The summed E-state index contributed by atoms with van der Waals surface area (Å²) in [6, 6.07) is 16.1. The van der Waals surface area contributed by atoms with Crippen LogP contribution < -0.4 is 14.4 Å². The fourth-order valence-electron chi connectivity index (χ4n) is 3.11. The number of anilines is 2. The number of methoxy groups -OCH3 is 1. The van der Waals surface area contributed by atoms with Gasteiger partial charge < -0.3 is 10.1 Å². The molecule has 3 aromatic rings. The van der Waals surface area contributed by atoms with E-state index in [1.54, 1.807) is 68.4 Å². The molecule has 0 bridgehead atoms. The second kappa shape index (κ2) is 9.81. The average molecular weight is 493 g/mol. The van der Waals surface area contributed by atoms with Crippen molar-refractivity contribution >= 4 is 50.5 Å². The van der Waals surface area contributed by atoms with Gasteiger partial charge in [-0.2, -0.15) is 0 Å². The monoisotopic (exact) mass is 492 g/mol. The van der Waals surface area contributed by atoms with E-state index < -0.39 is 22.5 Å². The minimum absolute atomic E-state index is 0.0366. The maximum absolute atomic E-state index is 13.7. The number of ether oxygens (including phenoxy) is 1. The lowest BCUT2D eigenvalue weighted by atomic mass is 10.2. The fourth-order valence-corrected chi connectivity index (χ4v) is 5.13. The van der Waals surface area contributed by atoms with Crippen LogP contribution in [0.25, 0.3) is 0 Å². The smallest absolute Gasteiger partial charge is 0.268 e. The number of hydrogen-bond acceptors (Lipinski definition) is 4. The van der Waals surface area contributed by atoms with Crippen LogP contribution in [0.4, 0.5) is 11.4 Å². The molecular formula is C23H22Cl2N2O4S. The lowest BCUT2D eigenvalue weighted by Gasteiger charge is -2.25. The predicted molar refractivity (Wildman–Crippen MR) is 129 cm³/mol. The van der Waals surface area contributed by atoms with Gasteiger partial charge >= 0.3 is 0 Å². The number of nitrogens with one attached hydrogen (secondary N) is 1. The minimum Gasteiger partial charge on any atom is -0.495 e. The van der Waals surface area contributed by atoms with Gasteiger partial charge in [0.25, 0.3) is 10.0 Å². The third-order valence-corrected chi connectivity index (χ3v) is 7.03. The van der Waals surface area contributed by atoms with Crippen molar-refractivity contribution in [3.8, 4) is 5.75 Å². The largest absolute Gasteiger partial charge is 0.495 e. The van der Waals surface area contributed by atoms with Gasteiger partial charge in [-0.1, -0.05) is 29.3 Å². The summed E-state index contributed by atoms with van der Waals surface area (Å²) >= 11 is 12.0. The van der Waals surface area contributed by atoms with E-state index in [1.807, 2.05) is 0 Å². The van der Waals surface area contributed by atoms with Crippen LogP contribution in [-0.4, -0.2) is 28.0 Å². The van der Waals surface area contributed by atoms with Gasteiger partial charge in [0.05, 0.1) is 12.8 Å². The minimum atomic E-state index is -4.15. The van der Waals surface area contributed by atoms with Gasteiger partial charge in [0, 0.05) is 15.7 Å². The first-order chi connectivity index (χ1) is 15.1. The molecule has 0 unspecified atom stereocenters. The second-order valence-electron chi connectivity index (χ2n) is 7.15. The van der Waals surface area contributed by atoms with Crippen molar-refractivity contribution in [2.75, 3.05) is 23.3 Å². The zero-order chi connectivity index (χ0) is 23.5. The molecule has 1 N–H and O–H groups in total. The summed E-state index contributed by atoms with van der Waals surface area (Å²) in [6.07, 6.45) is 0. The number of halogens is 2. The Bertz CT molecular complexity index is 1250. The molecule has 0 aliphatic heterocycles. The van der Waals surface area contributed by atoms with Crippen LogP contribution >= 0.6 is 23.2 Å². The van der Waals surface area contributed by atoms with Gasteiger partial charge in [-0.15, -0.1) is 0 Å². The van der Waals surface area contributed by atoms with Gasteiger partial charge in [0.1, 0.15) is 17.2 Å². The van der Waals surface area contributed by atoms with Crippen LogP contribution in [0.3, 0.4) is 0 Å². The van der Waals surface area contributed by atoms with Crippen molar-refractivity contribution in [2.45, 2.75) is 18.7 Å². The van der Waals surface area contributed by atoms with Crippen molar-refractivity contribution < 1.29 is 17.9 Å². The van der Waals surface area contributed by atoms with Crippen molar-refractivity contribution in [3.63, 3.8) is 0 Å². The van der Waals surface area contributed by atoms with Gasteiger partial charge in [-0.25, -0.2) is 8.42 Å². The third-order valence-electron chi connectivity index (χ3n) is 4.75. The van der Waals surface area contributed by atoms with Crippen molar-refractivity contribution in [2.24, 2.45) is 0 Å². The number of aryl methyl sites for hydroxylation is 2. The molecule has 0 spiro atoms. The van der Waals surface area contributed by atoms with Gasteiger partial charge in [-0.05, 0) is 79.6 Å². The summed E-state index contributed by atoms with van der Waals surface area (Å²) in [5.74, 6) is -0.330. The van der Waals surface area contributed by atoms with E-state index in [4.69, 9.17) is 27.9 Å². The molecule has 0 fully saturated rings. The Morgan fingerprint density at radius 1 is 0.969 bits per heavy atom. The highest BCUT2D eigenvalue weighted by molar-refractivity contribution is 7.93. The molecule has 1 amide bonds. The molecule has 0 heterocycles. The van der Waals surface area contributed by atoms with Crippen LogP contribution in [0, 0.1) is 13.8 Å². The molecular weight excluding hydrogens is 471 g/mol. The van der Waals surface area contributed by atoms with Crippen LogP contribution in [0.2, 0.25) is 10.0 Å². The molecule has 0 radical (unpaired) electrons. The summed E-state index contributed by atoms with van der Waals surface area (Å²) in [4.78, 5) is 12.9. The highest BCUT2D eigenvalue weighted by Gasteiger charge is 2.30. The average Bonchev–Trinajstić information content (AvgIpc) is 2.74. The Balaban J connectivity index is 2.02. The number of rotatable bonds is 7. The fraction of sp³-hybridized carbons (Fsp3) is 0.174. The van der Waals surface area contributed by atoms with E-state index in [9.17, 15) is 13.2 Å². The topological polar surface area (TPSA) is 75.7 Å². The first kappa shape index (κ1) is 23.9. The number of carbonyl (C=O) groups is 1. The van der Waals surface area contributed by atoms with E-state index in [1.165, 1.54) is 13.2 Å².